The first kappa shape index (κ1) is 15.5. The predicted octanol–water partition coefficient (Wildman–Crippen LogP) is 2.43. The normalized spacial score (nSPS) is 11.3. The van der Waals surface area contributed by atoms with E-state index in [2.05, 4.69) is 18.7 Å². The van der Waals surface area contributed by atoms with Crippen molar-refractivity contribution >= 4 is 11.7 Å². The van der Waals surface area contributed by atoms with Crippen LogP contribution in [0.2, 0.25) is 0 Å². The molecule has 0 aliphatic carbocycles. The Morgan fingerprint density at radius 3 is 2.42 bits per heavy atom. The van der Waals surface area contributed by atoms with Crippen LogP contribution in [-0.2, 0) is 16.1 Å². The number of benzene rings is 1. The number of ether oxygens (including phenoxy) is 1. The van der Waals surface area contributed by atoms with E-state index in [9.17, 15) is 4.79 Å². The van der Waals surface area contributed by atoms with Crippen LogP contribution in [0.4, 0.5) is 5.69 Å². The average Bonchev–Trinajstić information content (AvgIpc) is 2.29. The third-order valence-corrected chi connectivity index (χ3v) is 2.86. The first-order valence-electron chi connectivity index (χ1n) is 6.67. The summed E-state index contributed by atoms with van der Waals surface area (Å²) in [4.78, 5) is 13.8. The highest BCUT2D eigenvalue weighted by molar-refractivity contribution is 5.71. The summed E-state index contributed by atoms with van der Waals surface area (Å²) in [7, 11) is 0. The summed E-state index contributed by atoms with van der Waals surface area (Å²) >= 11 is 0. The van der Waals surface area contributed by atoms with Crippen molar-refractivity contribution in [2.24, 2.45) is 0 Å². The second-order valence-corrected chi connectivity index (χ2v) is 5.24. The Morgan fingerprint density at radius 2 is 1.89 bits per heavy atom. The second kappa shape index (κ2) is 7.14. The molecule has 0 heterocycles. The van der Waals surface area contributed by atoms with Crippen molar-refractivity contribution in [2.45, 2.75) is 46.4 Å². The highest BCUT2D eigenvalue weighted by Crippen LogP contribution is 2.15. The smallest absolute Gasteiger partial charge is 0.320 e. The fraction of sp³-hybridized carbons (Fsp3) is 0.533. The van der Waals surface area contributed by atoms with Crippen molar-refractivity contribution in [3.8, 4) is 0 Å². The van der Waals surface area contributed by atoms with Gasteiger partial charge in [-0.1, -0.05) is 18.2 Å². The summed E-state index contributed by atoms with van der Waals surface area (Å²) in [5, 5.41) is 0. The maximum atomic E-state index is 11.7. The molecule has 1 aromatic rings. The number of nitrogen functional groups attached to an aromatic ring is 1. The fourth-order valence-corrected chi connectivity index (χ4v) is 1.78. The Labute approximate surface area is 115 Å². The van der Waals surface area contributed by atoms with Crippen LogP contribution >= 0.6 is 0 Å². The topological polar surface area (TPSA) is 55.6 Å². The Morgan fingerprint density at radius 1 is 1.26 bits per heavy atom. The lowest BCUT2D eigenvalue weighted by Crippen LogP contribution is -2.36. The SMILES string of the molecule is CC(C)OC(=O)CN(Cc1ccccc1N)C(C)C. The van der Waals surface area contributed by atoms with Gasteiger partial charge in [-0.3, -0.25) is 9.69 Å². The summed E-state index contributed by atoms with van der Waals surface area (Å²) in [5.74, 6) is -0.196. The van der Waals surface area contributed by atoms with Crippen LogP contribution in [0.1, 0.15) is 33.3 Å². The molecule has 0 unspecified atom stereocenters. The minimum Gasteiger partial charge on any atom is -0.462 e. The maximum Gasteiger partial charge on any atom is 0.320 e. The van der Waals surface area contributed by atoms with Crippen LogP contribution in [0.5, 0.6) is 0 Å². The van der Waals surface area contributed by atoms with Gasteiger partial charge in [0.2, 0.25) is 0 Å². The lowest BCUT2D eigenvalue weighted by molar-refractivity contribution is -0.149. The highest BCUT2D eigenvalue weighted by Gasteiger charge is 2.17. The number of nitrogens with zero attached hydrogens (tertiary/aromatic N) is 1. The summed E-state index contributed by atoms with van der Waals surface area (Å²) in [5.41, 5.74) is 7.73. The summed E-state index contributed by atoms with van der Waals surface area (Å²) in [6, 6.07) is 7.97. The third kappa shape index (κ3) is 5.30. The molecule has 1 rings (SSSR count). The van der Waals surface area contributed by atoms with E-state index in [1.807, 2.05) is 38.1 Å². The number of anilines is 1. The van der Waals surface area contributed by atoms with Gasteiger partial charge in [-0.25, -0.2) is 0 Å². The van der Waals surface area contributed by atoms with E-state index in [4.69, 9.17) is 10.5 Å². The Bertz CT molecular complexity index is 416. The lowest BCUT2D eigenvalue weighted by atomic mass is 10.1. The third-order valence-electron chi connectivity index (χ3n) is 2.86. The van der Waals surface area contributed by atoms with Crippen LogP contribution in [0.25, 0.3) is 0 Å². The van der Waals surface area contributed by atoms with E-state index >= 15 is 0 Å². The van der Waals surface area contributed by atoms with E-state index in [1.54, 1.807) is 0 Å². The van der Waals surface area contributed by atoms with Gasteiger partial charge in [-0.15, -0.1) is 0 Å². The van der Waals surface area contributed by atoms with Crippen LogP contribution < -0.4 is 5.73 Å². The first-order valence-corrected chi connectivity index (χ1v) is 6.67. The molecule has 4 nitrogen and oxygen atoms in total. The van der Waals surface area contributed by atoms with E-state index in [0.717, 1.165) is 11.3 Å². The van der Waals surface area contributed by atoms with Gasteiger partial charge in [0.05, 0.1) is 12.6 Å². The molecule has 19 heavy (non-hydrogen) atoms. The molecule has 0 saturated carbocycles. The van der Waals surface area contributed by atoms with Crippen molar-refractivity contribution < 1.29 is 9.53 Å². The summed E-state index contributed by atoms with van der Waals surface area (Å²) < 4.78 is 5.19. The van der Waals surface area contributed by atoms with Gasteiger partial charge in [0.1, 0.15) is 0 Å². The molecule has 0 aliphatic rings. The molecular weight excluding hydrogens is 240 g/mol. The summed E-state index contributed by atoms with van der Waals surface area (Å²) in [6.07, 6.45) is -0.0803. The number of carbonyl (C=O) groups is 1. The van der Waals surface area contributed by atoms with Gasteiger partial charge >= 0.3 is 5.97 Å². The molecule has 0 saturated heterocycles. The molecule has 0 bridgehead atoms. The number of para-hydroxylation sites is 1. The maximum absolute atomic E-state index is 11.7. The van der Waals surface area contributed by atoms with E-state index < -0.39 is 0 Å². The zero-order valence-corrected chi connectivity index (χ0v) is 12.2. The summed E-state index contributed by atoms with van der Waals surface area (Å²) in [6.45, 7) is 8.75. The van der Waals surface area contributed by atoms with E-state index in [-0.39, 0.29) is 24.7 Å². The molecule has 1 aromatic carbocycles. The van der Waals surface area contributed by atoms with Crippen LogP contribution in [0, 0.1) is 0 Å². The molecular formula is C15H24N2O2. The van der Waals surface area contributed by atoms with Crippen molar-refractivity contribution in [2.75, 3.05) is 12.3 Å². The van der Waals surface area contributed by atoms with Crippen molar-refractivity contribution in [3.05, 3.63) is 29.8 Å². The van der Waals surface area contributed by atoms with Gasteiger partial charge in [0, 0.05) is 18.3 Å². The molecule has 2 N–H and O–H groups in total. The van der Waals surface area contributed by atoms with Gasteiger partial charge in [-0.05, 0) is 39.3 Å². The standard InChI is InChI=1S/C15H24N2O2/c1-11(2)17(10-15(18)19-12(3)4)9-13-7-5-6-8-14(13)16/h5-8,11-12H,9-10,16H2,1-4H3. The molecule has 0 atom stereocenters. The Kier molecular flexibility index (Phi) is 5.83. The molecule has 0 amide bonds. The van der Waals surface area contributed by atoms with Crippen molar-refractivity contribution in [1.82, 2.24) is 4.90 Å². The monoisotopic (exact) mass is 264 g/mol. The number of esters is 1. The minimum atomic E-state index is -0.196. The Hall–Kier alpha value is -1.55. The molecule has 0 spiro atoms. The number of rotatable bonds is 6. The van der Waals surface area contributed by atoms with Gasteiger partial charge in [0.25, 0.3) is 0 Å². The fourth-order valence-electron chi connectivity index (χ4n) is 1.78. The number of hydrogen-bond acceptors (Lipinski definition) is 4. The number of hydrogen-bond donors (Lipinski definition) is 1. The largest absolute Gasteiger partial charge is 0.462 e. The highest BCUT2D eigenvalue weighted by atomic mass is 16.5. The van der Waals surface area contributed by atoms with Crippen LogP contribution in [0.3, 0.4) is 0 Å². The quantitative estimate of drug-likeness (QED) is 0.633. The van der Waals surface area contributed by atoms with Gasteiger partial charge in [-0.2, -0.15) is 0 Å². The minimum absolute atomic E-state index is 0.0803. The number of carbonyl (C=O) groups excluding carboxylic acids is 1. The van der Waals surface area contributed by atoms with Crippen molar-refractivity contribution in [3.63, 3.8) is 0 Å². The average molecular weight is 264 g/mol. The molecule has 0 aliphatic heterocycles. The molecule has 4 heteroatoms. The van der Waals surface area contributed by atoms with Gasteiger partial charge in [0.15, 0.2) is 0 Å². The molecule has 0 aromatic heterocycles. The molecule has 106 valence electrons. The number of nitrogens with two attached hydrogens (primary N) is 1. The van der Waals surface area contributed by atoms with Crippen LogP contribution in [0.15, 0.2) is 24.3 Å². The molecule has 0 fully saturated rings. The van der Waals surface area contributed by atoms with E-state index in [0.29, 0.717) is 6.54 Å². The first-order chi connectivity index (χ1) is 8.90. The Balaban J connectivity index is 2.69. The van der Waals surface area contributed by atoms with Gasteiger partial charge < -0.3 is 10.5 Å². The van der Waals surface area contributed by atoms with E-state index in [1.165, 1.54) is 0 Å². The van der Waals surface area contributed by atoms with Crippen molar-refractivity contribution in [1.29, 1.82) is 0 Å². The zero-order chi connectivity index (χ0) is 14.4. The predicted molar refractivity (Wildman–Crippen MR) is 77.6 cm³/mol. The lowest BCUT2D eigenvalue weighted by Gasteiger charge is -2.26. The second-order valence-electron chi connectivity index (χ2n) is 5.24. The molecule has 0 radical (unpaired) electrons. The zero-order valence-electron chi connectivity index (χ0n) is 12.2. The van der Waals surface area contributed by atoms with Crippen LogP contribution in [-0.4, -0.2) is 29.6 Å².